The van der Waals surface area contributed by atoms with Crippen molar-refractivity contribution in [3.63, 3.8) is 0 Å². The van der Waals surface area contributed by atoms with Crippen molar-refractivity contribution in [2.75, 3.05) is 13.1 Å². The van der Waals surface area contributed by atoms with Gasteiger partial charge in [0.05, 0.1) is 11.0 Å². The van der Waals surface area contributed by atoms with E-state index < -0.39 is 0 Å². The Morgan fingerprint density at radius 2 is 2.05 bits per heavy atom. The zero-order valence-corrected chi connectivity index (χ0v) is 13.5. The van der Waals surface area contributed by atoms with Crippen molar-refractivity contribution >= 4 is 16.9 Å². The van der Waals surface area contributed by atoms with Crippen molar-refractivity contribution in [3.05, 3.63) is 30.1 Å². The molecule has 5 nitrogen and oxygen atoms in total. The van der Waals surface area contributed by atoms with E-state index in [9.17, 15) is 4.79 Å². The lowest BCUT2D eigenvalue weighted by Gasteiger charge is -2.15. The number of nitrogens with one attached hydrogen (secondary N) is 1. The second-order valence-corrected chi connectivity index (χ2v) is 5.51. The van der Waals surface area contributed by atoms with E-state index in [4.69, 9.17) is 10.7 Å². The number of para-hydroxylation sites is 2. The molecule has 0 fully saturated rings. The molecule has 2 rings (SSSR count). The second kappa shape index (κ2) is 7.94. The highest BCUT2D eigenvalue weighted by molar-refractivity contribution is 5.78. The van der Waals surface area contributed by atoms with Crippen LogP contribution in [0.25, 0.3) is 11.0 Å². The normalized spacial score (nSPS) is 11.3. The standard InChI is InChI=1S/C17H26N4O/c1-3-13(4-2)17-20-14-7-5-6-8-15(14)21(17)12-9-16(22)19-11-10-18/h5-8,13H,3-4,9-12,18H2,1-2H3,(H,19,22). The Kier molecular flexibility index (Phi) is 5.95. The van der Waals surface area contributed by atoms with Gasteiger partial charge in [-0.25, -0.2) is 4.98 Å². The van der Waals surface area contributed by atoms with Crippen LogP contribution in [0.3, 0.4) is 0 Å². The summed E-state index contributed by atoms with van der Waals surface area (Å²) in [5.74, 6) is 1.57. The Labute approximate surface area is 131 Å². The highest BCUT2D eigenvalue weighted by Gasteiger charge is 2.17. The number of aryl methyl sites for hydroxylation is 1. The lowest BCUT2D eigenvalue weighted by molar-refractivity contribution is -0.121. The molecule has 0 aliphatic rings. The lowest BCUT2D eigenvalue weighted by atomic mass is 10.0. The third-order valence-electron chi connectivity index (χ3n) is 4.06. The van der Waals surface area contributed by atoms with E-state index in [0.29, 0.717) is 32.0 Å². The van der Waals surface area contributed by atoms with Crippen LogP contribution in [0.2, 0.25) is 0 Å². The van der Waals surface area contributed by atoms with Gasteiger partial charge in [0, 0.05) is 32.0 Å². The largest absolute Gasteiger partial charge is 0.355 e. The first-order chi connectivity index (χ1) is 10.7. The van der Waals surface area contributed by atoms with E-state index in [1.807, 2.05) is 18.2 Å². The molecule has 0 bridgehead atoms. The van der Waals surface area contributed by atoms with Crippen LogP contribution in [0.5, 0.6) is 0 Å². The van der Waals surface area contributed by atoms with E-state index in [-0.39, 0.29) is 5.91 Å². The number of benzene rings is 1. The summed E-state index contributed by atoms with van der Waals surface area (Å²) in [4.78, 5) is 16.7. The van der Waals surface area contributed by atoms with Gasteiger partial charge in [0.15, 0.2) is 0 Å². The number of nitrogens with two attached hydrogens (primary N) is 1. The first kappa shape index (κ1) is 16.5. The molecule has 1 aromatic carbocycles. The topological polar surface area (TPSA) is 72.9 Å². The number of carbonyl (C=O) groups is 1. The zero-order chi connectivity index (χ0) is 15.9. The minimum absolute atomic E-state index is 0.0405. The molecule has 120 valence electrons. The molecule has 0 unspecified atom stereocenters. The van der Waals surface area contributed by atoms with Gasteiger partial charge in [0.25, 0.3) is 0 Å². The van der Waals surface area contributed by atoms with Gasteiger partial charge in [-0.2, -0.15) is 0 Å². The molecule has 3 N–H and O–H groups in total. The molecule has 1 heterocycles. The van der Waals surface area contributed by atoms with Crippen molar-refractivity contribution in [1.29, 1.82) is 0 Å². The van der Waals surface area contributed by atoms with Crippen LogP contribution in [0, 0.1) is 0 Å². The van der Waals surface area contributed by atoms with E-state index in [1.54, 1.807) is 0 Å². The van der Waals surface area contributed by atoms with Crippen molar-refractivity contribution in [1.82, 2.24) is 14.9 Å². The molecule has 0 spiro atoms. The number of imidazole rings is 1. The number of rotatable bonds is 8. The van der Waals surface area contributed by atoms with E-state index in [0.717, 1.165) is 29.7 Å². The van der Waals surface area contributed by atoms with Crippen molar-refractivity contribution in [2.24, 2.45) is 5.73 Å². The average molecular weight is 302 g/mol. The molecular formula is C17H26N4O. The minimum atomic E-state index is 0.0405. The summed E-state index contributed by atoms with van der Waals surface area (Å²) in [6, 6.07) is 8.13. The highest BCUT2D eigenvalue weighted by Crippen LogP contribution is 2.26. The monoisotopic (exact) mass is 302 g/mol. The van der Waals surface area contributed by atoms with Crippen LogP contribution in [-0.4, -0.2) is 28.5 Å². The van der Waals surface area contributed by atoms with E-state index >= 15 is 0 Å². The maximum atomic E-state index is 11.9. The van der Waals surface area contributed by atoms with Gasteiger partial charge in [-0.3, -0.25) is 4.79 Å². The average Bonchev–Trinajstić information content (AvgIpc) is 2.90. The van der Waals surface area contributed by atoms with Crippen LogP contribution in [0.15, 0.2) is 24.3 Å². The molecular weight excluding hydrogens is 276 g/mol. The third-order valence-corrected chi connectivity index (χ3v) is 4.06. The molecule has 5 heteroatoms. The summed E-state index contributed by atoms with van der Waals surface area (Å²) < 4.78 is 2.20. The van der Waals surface area contributed by atoms with Crippen LogP contribution in [0.1, 0.15) is 44.9 Å². The third kappa shape index (κ3) is 3.65. The maximum Gasteiger partial charge on any atom is 0.221 e. The minimum Gasteiger partial charge on any atom is -0.355 e. The lowest BCUT2D eigenvalue weighted by Crippen LogP contribution is -2.29. The summed E-state index contributed by atoms with van der Waals surface area (Å²) >= 11 is 0. The van der Waals surface area contributed by atoms with Crippen LogP contribution < -0.4 is 11.1 Å². The number of nitrogens with zero attached hydrogens (tertiary/aromatic N) is 2. The maximum absolute atomic E-state index is 11.9. The highest BCUT2D eigenvalue weighted by atomic mass is 16.1. The molecule has 0 aliphatic heterocycles. The van der Waals surface area contributed by atoms with E-state index in [2.05, 4.69) is 29.8 Å². The SMILES string of the molecule is CCC(CC)c1nc2ccccc2n1CCC(=O)NCCN. The molecule has 22 heavy (non-hydrogen) atoms. The molecule has 1 aromatic heterocycles. The summed E-state index contributed by atoms with van der Waals surface area (Å²) in [6.45, 7) is 6.03. The number of hydrogen-bond donors (Lipinski definition) is 2. The Balaban J connectivity index is 2.25. The van der Waals surface area contributed by atoms with Gasteiger partial charge in [-0.15, -0.1) is 0 Å². The molecule has 0 saturated carbocycles. The van der Waals surface area contributed by atoms with Crippen LogP contribution in [-0.2, 0) is 11.3 Å². The number of carbonyl (C=O) groups excluding carboxylic acids is 1. The molecule has 2 aromatic rings. The van der Waals surface area contributed by atoms with Crippen LogP contribution in [0.4, 0.5) is 0 Å². The smallest absolute Gasteiger partial charge is 0.221 e. The van der Waals surface area contributed by atoms with Gasteiger partial charge < -0.3 is 15.6 Å². The van der Waals surface area contributed by atoms with Gasteiger partial charge >= 0.3 is 0 Å². The molecule has 0 radical (unpaired) electrons. The molecule has 0 atom stereocenters. The summed E-state index contributed by atoms with van der Waals surface area (Å²) in [6.07, 6.45) is 2.56. The molecule has 0 saturated heterocycles. The predicted octanol–water partition coefficient (Wildman–Crippen LogP) is 2.40. The van der Waals surface area contributed by atoms with Crippen LogP contribution >= 0.6 is 0 Å². The Hall–Kier alpha value is -1.88. The number of amides is 1. The zero-order valence-electron chi connectivity index (χ0n) is 13.5. The molecule has 1 amide bonds. The summed E-state index contributed by atoms with van der Waals surface area (Å²) in [5, 5.41) is 2.82. The fourth-order valence-electron chi connectivity index (χ4n) is 2.81. The number of fused-ring (bicyclic) bond motifs is 1. The van der Waals surface area contributed by atoms with E-state index in [1.165, 1.54) is 0 Å². The Morgan fingerprint density at radius 3 is 2.73 bits per heavy atom. The fraction of sp³-hybridized carbons (Fsp3) is 0.529. The number of aromatic nitrogens is 2. The Bertz CT molecular complexity index is 616. The van der Waals surface area contributed by atoms with Crippen molar-refractivity contribution in [2.45, 2.75) is 45.6 Å². The van der Waals surface area contributed by atoms with Crippen molar-refractivity contribution in [3.8, 4) is 0 Å². The van der Waals surface area contributed by atoms with Gasteiger partial charge in [-0.1, -0.05) is 26.0 Å². The first-order valence-electron chi connectivity index (χ1n) is 8.13. The Morgan fingerprint density at radius 1 is 1.32 bits per heavy atom. The molecule has 0 aliphatic carbocycles. The number of hydrogen-bond acceptors (Lipinski definition) is 3. The van der Waals surface area contributed by atoms with Gasteiger partial charge in [-0.05, 0) is 25.0 Å². The predicted molar refractivity (Wildman–Crippen MR) is 89.7 cm³/mol. The second-order valence-electron chi connectivity index (χ2n) is 5.51. The van der Waals surface area contributed by atoms with Gasteiger partial charge in [0.2, 0.25) is 5.91 Å². The first-order valence-corrected chi connectivity index (χ1v) is 8.13. The van der Waals surface area contributed by atoms with Crippen molar-refractivity contribution < 1.29 is 4.79 Å². The summed E-state index contributed by atoms with van der Waals surface area (Å²) in [5.41, 5.74) is 7.53. The fourth-order valence-corrected chi connectivity index (χ4v) is 2.81. The summed E-state index contributed by atoms with van der Waals surface area (Å²) in [7, 11) is 0. The van der Waals surface area contributed by atoms with Gasteiger partial charge in [0.1, 0.15) is 5.82 Å². The quantitative estimate of drug-likeness (QED) is 0.786.